The van der Waals surface area contributed by atoms with E-state index >= 15 is 0 Å². The van der Waals surface area contributed by atoms with Gasteiger partial charge in [-0.3, -0.25) is 0 Å². The molecule has 0 bridgehead atoms. The molecule has 2 aromatic rings. The van der Waals surface area contributed by atoms with Gasteiger partial charge in [0.2, 0.25) is 10.0 Å². The van der Waals surface area contributed by atoms with Crippen LogP contribution >= 0.6 is 11.3 Å². The molecule has 0 saturated carbocycles. The van der Waals surface area contributed by atoms with E-state index in [0.29, 0.717) is 13.0 Å². The van der Waals surface area contributed by atoms with Crippen molar-refractivity contribution in [3.63, 3.8) is 0 Å². The Bertz CT molecular complexity index is 1040. The van der Waals surface area contributed by atoms with E-state index in [1.807, 2.05) is 11.8 Å². The SMILES string of the molecule is CC[C@@H](C)S(=O)(=O)NC[C@H]1CN(S(=O)(=O)c2cccs2)CCN1c1ccc(O)cc1. The van der Waals surface area contributed by atoms with Crippen molar-refractivity contribution in [2.45, 2.75) is 35.8 Å². The van der Waals surface area contributed by atoms with Crippen LogP contribution in [0.1, 0.15) is 20.3 Å². The fraction of sp³-hybridized carbons (Fsp3) is 0.474. The average molecular weight is 474 g/mol. The quantitative estimate of drug-likeness (QED) is 0.608. The Balaban J connectivity index is 1.85. The summed E-state index contributed by atoms with van der Waals surface area (Å²) in [7, 11) is -7.13. The highest BCUT2D eigenvalue weighted by atomic mass is 32.2. The number of phenols is 1. The maximum Gasteiger partial charge on any atom is 0.252 e. The van der Waals surface area contributed by atoms with Gasteiger partial charge in [0.25, 0.3) is 10.0 Å². The Hall–Kier alpha value is -1.66. The Morgan fingerprint density at radius 1 is 1.17 bits per heavy atom. The number of rotatable bonds is 8. The Morgan fingerprint density at radius 2 is 1.87 bits per heavy atom. The first kappa shape index (κ1) is 23.0. The van der Waals surface area contributed by atoms with Crippen molar-refractivity contribution in [2.75, 3.05) is 31.1 Å². The van der Waals surface area contributed by atoms with Crippen LogP contribution in [-0.4, -0.2) is 63.7 Å². The summed E-state index contributed by atoms with van der Waals surface area (Å²) in [6.45, 7) is 4.39. The van der Waals surface area contributed by atoms with E-state index in [1.165, 1.54) is 15.6 Å². The molecule has 11 heteroatoms. The summed E-state index contributed by atoms with van der Waals surface area (Å²) in [6, 6.07) is 9.49. The number of piperazine rings is 1. The number of hydrogen-bond acceptors (Lipinski definition) is 7. The van der Waals surface area contributed by atoms with Crippen molar-refractivity contribution in [1.82, 2.24) is 9.03 Å². The molecule has 8 nitrogen and oxygen atoms in total. The van der Waals surface area contributed by atoms with Gasteiger partial charge in [0.15, 0.2) is 0 Å². The number of sulfonamides is 2. The van der Waals surface area contributed by atoms with Gasteiger partial charge in [0.05, 0.1) is 11.3 Å². The Morgan fingerprint density at radius 3 is 2.47 bits per heavy atom. The minimum absolute atomic E-state index is 0.0873. The number of thiophene rings is 1. The molecular formula is C19H27N3O5S3. The molecule has 2 heterocycles. The number of nitrogens with one attached hydrogen (secondary N) is 1. The summed E-state index contributed by atoms with van der Waals surface area (Å²) in [5.74, 6) is 0.131. The van der Waals surface area contributed by atoms with E-state index in [9.17, 15) is 21.9 Å². The Kier molecular flexibility index (Phi) is 7.08. The van der Waals surface area contributed by atoms with Crippen LogP contribution in [0, 0.1) is 0 Å². The van der Waals surface area contributed by atoms with Crippen molar-refractivity contribution in [2.24, 2.45) is 0 Å². The van der Waals surface area contributed by atoms with Gasteiger partial charge in [-0.25, -0.2) is 21.6 Å². The molecular weight excluding hydrogens is 446 g/mol. The van der Waals surface area contributed by atoms with E-state index in [-0.39, 0.29) is 29.6 Å². The molecule has 166 valence electrons. The van der Waals surface area contributed by atoms with Crippen molar-refractivity contribution in [3.8, 4) is 5.75 Å². The number of phenolic OH excluding ortho intramolecular Hbond substituents is 1. The summed E-state index contributed by atoms with van der Waals surface area (Å²) < 4.78 is 55.2. The zero-order valence-corrected chi connectivity index (χ0v) is 19.4. The Labute approximate surface area is 182 Å². The third-order valence-corrected chi connectivity index (χ3v) is 10.5. The fourth-order valence-electron chi connectivity index (χ4n) is 3.32. The topological polar surface area (TPSA) is 107 Å². The fourth-order valence-corrected chi connectivity index (χ4v) is 7.08. The maximum absolute atomic E-state index is 13.0. The molecule has 2 atom stereocenters. The van der Waals surface area contributed by atoms with Crippen LogP contribution in [0.4, 0.5) is 5.69 Å². The van der Waals surface area contributed by atoms with Crippen LogP contribution in [0.2, 0.25) is 0 Å². The number of anilines is 1. The second kappa shape index (κ2) is 9.23. The third-order valence-electron chi connectivity index (χ3n) is 5.34. The zero-order chi connectivity index (χ0) is 21.9. The van der Waals surface area contributed by atoms with Crippen molar-refractivity contribution in [1.29, 1.82) is 0 Å². The molecule has 1 aliphatic heterocycles. The first-order valence-corrected chi connectivity index (χ1v) is 13.6. The summed E-state index contributed by atoms with van der Waals surface area (Å²) in [6.07, 6.45) is 0.487. The number of benzene rings is 1. The van der Waals surface area contributed by atoms with E-state index in [2.05, 4.69) is 4.72 Å². The van der Waals surface area contributed by atoms with Crippen LogP contribution in [0.5, 0.6) is 5.75 Å². The highest BCUT2D eigenvalue weighted by Gasteiger charge is 2.35. The van der Waals surface area contributed by atoms with Crippen LogP contribution in [-0.2, 0) is 20.0 Å². The summed E-state index contributed by atoms with van der Waals surface area (Å²) >= 11 is 1.17. The standard InChI is InChI=1S/C19H27N3O5S3/c1-3-15(2)29(24,25)20-13-17-14-21(30(26,27)19-5-4-12-28-19)10-11-22(17)16-6-8-18(23)9-7-16/h4-9,12,15,17,20,23H,3,10-11,13-14H2,1-2H3/t15-,17+/m1/s1. The van der Waals surface area contributed by atoms with E-state index < -0.39 is 31.3 Å². The zero-order valence-electron chi connectivity index (χ0n) is 16.9. The van der Waals surface area contributed by atoms with Crippen molar-refractivity contribution in [3.05, 3.63) is 41.8 Å². The second-order valence-corrected chi connectivity index (χ2v) is 12.6. The molecule has 1 saturated heterocycles. The molecule has 3 rings (SSSR count). The van der Waals surface area contributed by atoms with Crippen LogP contribution in [0.25, 0.3) is 0 Å². The molecule has 1 fully saturated rings. The minimum atomic E-state index is -3.63. The molecule has 0 radical (unpaired) electrons. The predicted molar refractivity (Wildman–Crippen MR) is 119 cm³/mol. The van der Waals surface area contributed by atoms with Crippen molar-refractivity contribution >= 4 is 37.1 Å². The smallest absolute Gasteiger partial charge is 0.252 e. The highest BCUT2D eigenvalue weighted by molar-refractivity contribution is 7.91. The van der Waals surface area contributed by atoms with Gasteiger partial charge in [-0.1, -0.05) is 13.0 Å². The first-order chi connectivity index (χ1) is 14.1. The van der Waals surface area contributed by atoms with Crippen molar-refractivity contribution < 1.29 is 21.9 Å². The third kappa shape index (κ3) is 4.97. The largest absolute Gasteiger partial charge is 0.508 e. The number of aromatic hydroxyl groups is 1. The lowest BCUT2D eigenvalue weighted by Gasteiger charge is -2.42. The first-order valence-electron chi connectivity index (χ1n) is 9.73. The number of hydrogen-bond donors (Lipinski definition) is 2. The normalized spacial score (nSPS) is 19.7. The van der Waals surface area contributed by atoms with E-state index in [4.69, 9.17) is 0 Å². The van der Waals surface area contributed by atoms with Crippen LogP contribution in [0.15, 0.2) is 46.0 Å². The minimum Gasteiger partial charge on any atom is -0.508 e. The molecule has 2 N–H and O–H groups in total. The van der Waals surface area contributed by atoms with Gasteiger partial charge in [0.1, 0.15) is 9.96 Å². The molecule has 30 heavy (non-hydrogen) atoms. The van der Waals surface area contributed by atoms with Crippen LogP contribution < -0.4 is 9.62 Å². The molecule has 1 aromatic heterocycles. The lowest BCUT2D eigenvalue weighted by molar-refractivity contribution is 0.331. The molecule has 0 amide bonds. The van der Waals surface area contributed by atoms with E-state index in [1.54, 1.807) is 48.7 Å². The van der Waals surface area contributed by atoms with Gasteiger partial charge >= 0.3 is 0 Å². The monoisotopic (exact) mass is 473 g/mol. The lowest BCUT2D eigenvalue weighted by atomic mass is 10.1. The second-order valence-electron chi connectivity index (χ2n) is 7.27. The maximum atomic E-state index is 13.0. The lowest BCUT2D eigenvalue weighted by Crippen LogP contribution is -2.58. The molecule has 1 aromatic carbocycles. The van der Waals surface area contributed by atoms with Gasteiger partial charge in [-0.05, 0) is 49.1 Å². The summed E-state index contributed by atoms with van der Waals surface area (Å²) in [5, 5.41) is 10.8. The van der Waals surface area contributed by atoms with Gasteiger partial charge in [-0.15, -0.1) is 11.3 Å². The summed E-state index contributed by atoms with van der Waals surface area (Å²) in [4.78, 5) is 1.99. The molecule has 1 aliphatic rings. The molecule has 0 unspecified atom stereocenters. The van der Waals surface area contributed by atoms with Crippen LogP contribution in [0.3, 0.4) is 0 Å². The molecule has 0 aliphatic carbocycles. The molecule has 0 spiro atoms. The van der Waals surface area contributed by atoms with Gasteiger partial charge < -0.3 is 10.0 Å². The predicted octanol–water partition coefficient (Wildman–Crippen LogP) is 2.05. The summed E-state index contributed by atoms with van der Waals surface area (Å²) in [5.41, 5.74) is 0.800. The van der Waals surface area contributed by atoms with Gasteiger partial charge in [-0.2, -0.15) is 4.31 Å². The highest BCUT2D eigenvalue weighted by Crippen LogP contribution is 2.27. The average Bonchev–Trinajstić information content (AvgIpc) is 3.28. The number of nitrogens with zero attached hydrogens (tertiary/aromatic N) is 2. The van der Waals surface area contributed by atoms with Gasteiger partial charge in [0, 0.05) is 31.9 Å². The van der Waals surface area contributed by atoms with E-state index in [0.717, 1.165) is 5.69 Å².